The molecule has 0 atom stereocenters. The van der Waals surface area contributed by atoms with E-state index >= 15 is 0 Å². The van der Waals surface area contributed by atoms with Gasteiger partial charge in [0.2, 0.25) is 0 Å². The van der Waals surface area contributed by atoms with E-state index in [1.54, 1.807) is 0 Å². The normalized spacial score (nSPS) is 17.6. The van der Waals surface area contributed by atoms with Crippen molar-refractivity contribution in [3.05, 3.63) is 35.4 Å². The van der Waals surface area contributed by atoms with E-state index in [2.05, 4.69) is 10.4 Å². The number of halogens is 2. The summed E-state index contributed by atoms with van der Waals surface area (Å²) in [5.74, 6) is -0.747. The van der Waals surface area contributed by atoms with Gasteiger partial charge in [-0.05, 0) is 31.0 Å². The molecule has 0 aromatic heterocycles. The van der Waals surface area contributed by atoms with Crippen molar-refractivity contribution in [2.45, 2.75) is 25.8 Å². The van der Waals surface area contributed by atoms with Crippen molar-refractivity contribution in [3.63, 3.8) is 0 Å². The Bertz CT molecular complexity index is 349. The van der Waals surface area contributed by atoms with Gasteiger partial charge in [0.15, 0.2) is 0 Å². The molecule has 1 fully saturated rings. The van der Waals surface area contributed by atoms with Crippen LogP contribution < -0.4 is 5.43 Å². The summed E-state index contributed by atoms with van der Waals surface area (Å²) in [6, 6.07) is 3.55. The summed E-state index contributed by atoms with van der Waals surface area (Å²) in [6.07, 6.45) is 3.59. The fourth-order valence-electron chi connectivity index (χ4n) is 1.93. The number of hydrogen-bond acceptors (Lipinski definition) is 2. The maximum absolute atomic E-state index is 13.3. The Hall–Kier alpha value is -1.00. The molecule has 0 unspecified atom stereocenters. The fourth-order valence-corrected chi connectivity index (χ4v) is 1.93. The number of hydrogen-bond donors (Lipinski definition) is 1. The van der Waals surface area contributed by atoms with Gasteiger partial charge in [0, 0.05) is 25.2 Å². The molecule has 0 amide bonds. The van der Waals surface area contributed by atoms with Gasteiger partial charge in [-0.1, -0.05) is 6.42 Å². The van der Waals surface area contributed by atoms with Crippen LogP contribution >= 0.6 is 0 Å². The van der Waals surface area contributed by atoms with Crippen LogP contribution in [0.1, 0.15) is 24.8 Å². The molecule has 0 spiro atoms. The van der Waals surface area contributed by atoms with Crippen LogP contribution in [0.3, 0.4) is 0 Å². The Labute approximate surface area is 94.2 Å². The number of nitrogens with one attached hydrogen (secondary N) is 1. The van der Waals surface area contributed by atoms with E-state index in [0.29, 0.717) is 12.1 Å². The Morgan fingerprint density at radius 1 is 1.12 bits per heavy atom. The van der Waals surface area contributed by atoms with Crippen molar-refractivity contribution in [2.24, 2.45) is 0 Å². The second-order valence-electron chi connectivity index (χ2n) is 4.12. The van der Waals surface area contributed by atoms with Crippen molar-refractivity contribution in [2.75, 3.05) is 13.1 Å². The molecule has 88 valence electrons. The molecule has 1 N–H and O–H groups in total. The van der Waals surface area contributed by atoms with Crippen LogP contribution in [0.25, 0.3) is 0 Å². The van der Waals surface area contributed by atoms with Gasteiger partial charge in [0.1, 0.15) is 11.6 Å². The second-order valence-corrected chi connectivity index (χ2v) is 4.12. The van der Waals surface area contributed by atoms with Crippen molar-refractivity contribution >= 4 is 0 Å². The van der Waals surface area contributed by atoms with Crippen molar-refractivity contribution in [3.8, 4) is 0 Å². The van der Waals surface area contributed by atoms with Crippen molar-refractivity contribution in [1.82, 2.24) is 10.4 Å². The van der Waals surface area contributed by atoms with Gasteiger partial charge < -0.3 is 0 Å². The summed E-state index contributed by atoms with van der Waals surface area (Å²) in [7, 11) is 0. The Kier molecular flexibility index (Phi) is 3.85. The summed E-state index contributed by atoms with van der Waals surface area (Å²) in [6.45, 7) is 2.32. The molecule has 1 saturated heterocycles. The highest BCUT2D eigenvalue weighted by atomic mass is 19.1. The molecule has 16 heavy (non-hydrogen) atoms. The number of benzene rings is 1. The summed E-state index contributed by atoms with van der Waals surface area (Å²) in [5.41, 5.74) is 3.51. The zero-order valence-electron chi connectivity index (χ0n) is 9.18. The second kappa shape index (κ2) is 5.37. The minimum Gasteiger partial charge on any atom is -0.251 e. The van der Waals surface area contributed by atoms with Crippen LogP contribution in [0, 0.1) is 11.6 Å². The van der Waals surface area contributed by atoms with Gasteiger partial charge in [0.05, 0.1) is 0 Å². The average Bonchev–Trinajstić information content (AvgIpc) is 2.32. The molecule has 2 nitrogen and oxygen atoms in total. The van der Waals surface area contributed by atoms with Crippen LogP contribution in [0.15, 0.2) is 18.2 Å². The van der Waals surface area contributed by atoms with Gasteiger partial charge in [-0.15, -0.1) is 0 Å². The van der Waals surface area contributed by atoms with Crippen molar-refractivity contribution in [1.29, 1.82) is 0 Å². The van der Waals surface area contributed by atoms with E-state index < -0.39 is 5.82 Å². The smallest absolute Gasteiger partial charge is 0.127 e. The van der Waals surface area contributed by atoms with E-state index in [1.807, 2.05) is 0 Å². The molecule has 1 aromatic rings. The Balaban J connectivity index is 1.90. The number of hydrazine groups is 1. The summed E-state index contributed by atoms with van der Waals surface area (Å²) in [5, 5.41) is 2.08. The molecule has 1 aromatic carbocycles. The molecular weight excluding hydrogens is 210 g/mol. The van der Waals surface area contributed by atoms with E-state index in [9.17, 15) is 8.78 Å². The van der Waals surface area contributed by atoms with E-state index in [-0.39, 0.29) is 5.82 Å². The zero-order chi connectivity index (χ0) is 11.4. The molecule has 1 aliphatic rings. The SMILES string of the molecule is Fc1ccc(F)c(CNN2CCCCC2)c1. The van der Waals surface area contributed by atoms with Gasteiger partial charge in [-0.3, -0.25) is 5.43 Å². The lowest BCUT2D eigenvalue weighted by Gasteiger charge is -2.27. The maximum atomic E-state index is 13.3. The number of rotatable bonds is 3. The highest BCUT2D eigenvalue weighted by Crippen LogP contribution is 2.11. The number of piperidine rings is 1. The minimum absolute atomic E-state index is 0.351. The molecule has 0 radical (unpaired) electrons. The molecule has 0 bridgehead atoms. The molecular formula is C12H16F2N2. The summed E-state index contributed by atoms with van der Waals surface area (Å²) < 4.78 is 26.2. The molecule has 4 heteroatoms. The third-order valence-corrected chi connectivity index (χ3v) is 2.86. The topological polar surface area (TPSA) is 15.3 Å². The van der Waals surface area contributed by atoms with Crippen LogP contribution in [-0.2, 0) is 6.54 Å². The lowest BCUT2D eigenvalue weighted by atomic mass is 10.1. The first-order valence-electron chi connectivity index (χ1n) is 5.68. The van der Waals surface area contributed by atoms with Gasteiger partial charge in [0.25, 0.3) is 0 Å². The third kappa shape index (κ3) is 3.00. The molecule has 2 rings (SSSR count). The first-order chi connectivity index (χ1) is 7.75. The Morgan fingerprint density at radius 2 is 1.88 bits per heavy atom. The molecule has 1 aliphatic heterocycles. The van der Waals surface area contributed by atoms with Crippen LogP contribution in [0.5, 0.6) is 0 Å². The quantitative estimate of drug-likeness (QED) is 0.851. The molecule has 0 saturated carbocycles. The maximum Gasteiger partial charge on any atom is 0.127 e. The largest absolute Gasteiger partial charge is 0.251 e. The predicted molar refractivity (Wildman–Crippen MR) is 58.6 cm³/mol. The highest BCUT2D eigenvalue weighted by Gasteiger charge is 2.10. The number of nitrogens with zero attached hydrogens (tertiary/aromatic N) is 1. The Morgan fingerprint density at radius 3 is 2.62 bits per heavy atom. The third-order valence-electron chi connectivity index (χ3n) is 2.86. The highest BCUT2D eigenvalue weighted by molar-refractivity contribution is 5.18. The minimum atomic E-state index is -0.392. The summed E-state index contributed by atoms with van der Waals surface area (Å²) in [4.78, 5) is 0. The van der Waals surface area contributed by atoms with Crippen LogP contribution in [-0.4, -0.2) is 18.1 Å². The fraction of sp³-hybridized carbons (Fsp3) is 0.500. The van der Waals surface area contributed by atoms with Crippen LogP contribution in [0.4, 0.5) is 8.78 Å². The van der Waals surface area contributed by atoms with E-state index in [4.69, 9.17) is 0 Å². The molecule has 1 heterocycles. The van der Waals surface area contributed by atoms with E-state index in [0.717, 1.165) is 19.2 Å². The standard InChI is InChI=1S/C12H16F2N2/c13-11-4-5-12(14)10(8-11)9-15-16-6-2-1-3-7-16/h4-5,8,15H,1-3,6-7,9H2. The average molecular weight is 226 g/mol. The predicted octanol–water partition coefficient (Wildman–Crippen LogP) is 2.46. The van der Waals surface area contributed by atoms with Gasteiger partial charge in [-0.2, -0.15) is 0 Å². The zero-order valence-corrected chi connectivity index (χ0v) is 9.18. The summed E-state index contributed by atoms with van der Waals surface area (Å²) >= 11 is 0. The van der Waals surface area contributed by atoms with E-state index in [1.165, 1.54) is 31.4 Å². The van der Waals surface area contributed by atoms with Gasteiger partial charge >= 0.3 is 0 Å². The van der Waals surface area contributed by atoms with Crippen LogP contribution in [0.2, 0.25) is 0 Å². The van der Waals surface area contributed by atoms with Gasteiger partial charge in [-0.25, -0.2) is 13.8 Å². The molecule has 0 aliphatic carbocycles. The first kappa shape index (κ1) is 11.5. The lowest BCUT2D eigenvalue weighted by molar-refractivity contribution is 0.150. The first-order valence-corrected chi connectivity index (χ1v) is 5.68. The monoisotopic (exact) mass is 226 g/mol. The lowest BCUT2D eigenvalue weighted by Crippen LogP contribution is -2.41. The van der Waals surface area contributed by atoms with Crippen molar-refractivity contribution < 1.29 is 8.78 Å².